The number of nitrogens with one attached hydrogen (secondary N) is 2. The van der Waals surface area contributed by atoms with Crippen LogP contribution in [-0.4, -0.2) is 25.0 Å². The molecule has 110 valence electrons. The second-order valence-corrected chi connectivity index (χ2v) is 4.73. The highest BCUT2D eigenvalue weighted by molar-refractivity contribution is 6.35. The van der Waals surface area contributed by atoms with Crippen LogP contribution in [-0.2, 0) is 9.59 Å². The molecule has 20 heavy (non-hydrogen) atoms. The molecule has 6 nitrogen and oxygen atoms in total. The van der Waals surface area contributed by atoms with Crippen molar-refractivity contribution in [3.05, 3.63) is 28.2 Å². The number of hydrogen-bond donors (Lipinski definition) is 3. The summed E-state index contributed by atoms with van der Waals surface area (Å²) in [7, 11) is 0. The van der Waals surface area contributed by atoms with Gasteiger partial charge in [-0.2, -0.15) is 0 Å². The van der Waals surface area contributed by atoms with E-state index in [0.29, 0.717) is 28.8 Å². The molecule has 0 atom stereocenters. The maximum atomic E-state index is 11.5. The van der Waals surface area contributed by atoms with Gasteiger partial charge >= 0.3 is 0 Å². The Labute approximate surface area is 126 Å². The van der Waals surface area contributed by atoms with E-state index in [2.05, 4.69) is 5.32 Å². The average molecular weight is 320 g/mol. The van der Waals surface area contributed by atoms with E-state index < -0.39 is 0 Å². The van der Waals surface area contributed by atoms with Crippen molar-refractivity contribution in [3.63, 3.8) is 0 Å². The van der Waals surface area contributed by atoms with E-state index in [-0.39, 0.29) is 24.8 Å². The van der Waals surface area contributed by atoms with Gasteiger partial charge in [-0.3, -0.25) is 15.0 Å². The molecule has 0 bridgehead atoms. The average Bonchev–Trinajstić information content (AvgIpc) is 2.42. The van der Waals surface area contributed by atoms with E-state index in [0.717, 1.165) is 0 Å². The lowest BCUT2D eigenvalue weighted by Gasteiger charge is -2.08. The summed E-state index contributed by atoms with van der Waals surface area (Å²) in [6, 6.07) is 4.73. The summed E-state index contributed by atoms with van der Waals surface area (Å²) in [6.07, 6.45) is 0.747. The van der Waals surface area contributed by atoms with Crippen LogP contribution in [0.2, 0.25) is 10.0 Å². The molecule has 0 aliphatic rings. The molecule has 0 aliphatic heterocycles. The van der Waals surface area contributed by atoms with E-state index in [4.69, 9.17) is 33.8 Å². The highest BCUT2D eigenvalue weighted by atomic mass is 35.5. The SMILES string of the molecule is NNC(=O)CCCNC(=O)COc1ccc(Cl)cc1Cl. The van der Waals surface area contributed by atoms with Crippen LogP contribution in [0, 0.1) is 0 Å². The van der Waals surface area contributed by atoms with Gasteiger partial charge in [-0.15, -0.1) is 0 Å². The highest BCUT2D eigenvalue weighted by Crippen LogP contribution is 2.27. The number of hydrazine groups is 1. The third kappa shape index (κ3) is 6.10. The number of rotatable bonds is 7. The summed E-state index contributed by atoms with van der Waals surface area (Å²) in [6.45, 7) is 0.203. The minimum absolute atomic E-state index is 0.162. The molecule has 1 aromatic carbocycles. The number of halogens is 2. The van der Waals surface area contributed by atoms with Gasteiger partial charge in [0.15, 0.2) is 6.61 Å². The normalized spacial score (nSPS) is 9.95. The number of benzene rings is 1. The van der Waals surface area contributed by atoms with Crippen LogP contribution in [0.4, 0.5) is 0 Å². The summed E-state index contributed by atoms with van der Waals surface area (Å²) in [5.41, 5.74) is 2.01. The molecule has 0 unspecified atom stereocenters. The standard InChI is InChI=1S/C12H15Cl2N3O3/c13-8-3-4-10(9(14)6-8)20-7-12(19)16-5-1-2-11(18)17-15/h3-4,6H,1-2,5,7,15H2,(H,16,19)(H,17,18). The van der Waals surface area contributed by atoms with Gasteiger partial charge in [-0.25, -0.2) is 5.84 Å². The molecule has 0 heterocycles. The Balaban J connectivity index is 2.24. The van der Waals surface area contributed by atoms with Crippen molar-refractivity contribution < 1.29 is 14.3 Å². The summed E-state index contributed by atoms with van der Waals surface area (Å²) < 4.78 is 5.25. The van der Waals surface area contributed by atoms with Gasteiger partial charge in [0.1, 0.15) is 5.75 Å². The van der Waals surface area contributed by atoms with Crippen molar-refractivity contribution >= 4 is 35.0 Å². The number of carbonyl (C=O) groups is 2. The number of ether oxygens (including phenoxy) is 1. The number of nitrogens with two attached hydrogens (primary N) is 1. The van der Waals surface area contributed by atoms with Gasteiger partial charge in [0.25, 0.3) is 5.91 Å². The van der Waals surface area contributed by atoms with Crippen molar-refractivity contribution in [1.29, 1.82) is 0 Å². The van der Waals surface area contributed by atoms with Crippen molar-refractivity contribution in [1.82, 2.24) is 10.7 Å². The smallest absolute Gasteiger partial charge is 0.257 e. The van der Waals surface area contributed by atoms with E-state index >= 15 is 0 Å². The van der Waals surface area contributed by atoms with Crippen molar-refractivity contribution in [2.75, 3.05) is 13.2 Å². The van der Waals surface area contributed by atoms with E-state index in [1.807, 2.05) is 5.43 Å². The van der Waals surface area contributed by atoms with Crippen molar-refractivity contribution in [3.8, 4) is 5.75 Å². The largest absolute Gasteiger partial charge is 0.482 e. The zero-order valence-corrected chi connectivity index (χ0v) is 12.1. The van der Waals surface area contributed by atoms with Gasteiger partial charge in [-0.1, -0.05) is 23.2 Å². The molecule has 0 fully saturated rings. The minimum atomic E-state index is -0.302. The van der Waals surface area contributed by atoms with Gasteiger partial charge < -0.3 is 10.1 Å². The third-order valence-corrected chi connectivity index (χ3v) is 2.85. The molecular weight excluding hydrogens is 305 g/mol. The zero-order chi connectivity index (χ0) is 15.0. The first-order valence-electron chi connectivity index (χ1n) is 5.87. The molecule has 2 amide bonds. The van der Waals surface area contributed by atoms with Crippen LogP contribution in [0.25, 0.3) is 0 Å². The molecule has 8 heteroatoms. The molecule has 0 aliphatic carbocycles. The zero-order valence-electron chi connectivity index (χ0n) is 10.6. The van der Waals surface area contributed by atoms with Crippen LogP contribution in [0.3, 0.4) is 0 Å². The molecule has 0 saturated carbocycles. The summed E-state index contributed by atoms with van der Waals surface area (Å²) in [4.78, 5) is 22.3. The Morgan fingerprint density at radius 2 is 2.00 bits per heavy atom. The van der Waals surface area contributed by atoms with E-state index in [1.165, 1.54) is 6.07 Å². The molecule has 0 radical (unpaired) electrons. The minimum Gasteiger partial charge on any atom is -0.482 e. The lowest BCUT2D eigenvalue weighted by atomic mass is 10.3. The first-order chi connectivity index (χ1) is 9.52. The lowest BCUT2D eigenvalue weighted by molar-refractivity contribution is -0.124. The van der Waals surface area contributed by atoms with Crippen molar-refractivity contribution in [2.24, 2.45) is 5.84 Å². The topological polar surface area (TPSA) is 93.5 Å². The second kappa shape index (κ2) is 8.63. The van der Waals surface area contributed by atoms with Crippen LogP contribution >= 0.6 is 23.2 Å². The predicted molar refractivity (Wildman–Crippen MR) is 76.5 cm³/mol. The van der Waals surface area contributed by atoms with Crippen molar-refractivity contribution in [2.45, 2.75) is 12.8 Å². The maximum Gasteiger partial charge on any atom is 0.257 e. The molecule has 0 spiro atoms. The Morgan fingerprint density at radius 1 is 1.25 bits per heavy atom. The molecule has 1 aromatic rings. The Kier molecular flexibility index (Phi) is 7.14. The molecule has 4 N–H and O–H groups in total. The van der Waals surface area contributed by atoms with Gasteiger partial charge in [0, 0.05) is 18.0 Å². The van der Waals surface area contributed by atoms with Crippen LogP contribution < -0.4 is 21.3 Å². The Morgan fingerprint density at radius 3 is 2.65 bits per heavy atom. The monoisotopic (exact) mass is 319 g/mol. The molecular formula is C12H15Cl2N3O3. The predicted octanol–water partition coefficient (Wildman–Crippen LogP) is 1.26. The summed E-state index contributed by atoms with van der Waals surface area (Å²) in [5.74, 6) is 4.73. The second-order valence-electron chi connectivity index (χ2n) is 3.88. The molecule has 0 aromatic heterocycles. The first kappa shape index (κ1) is 16.6. The first-order valence-corrected chi connectivity index (χ1v) is 6.62. The highest BCUT2D eigenvalue weighted by Gasteiger charge is 2.06. The van der Waals surface area contributed by atoms with E-state index in [1.54, 1.807) is 12.1 Å². The lowest BCUT2D eigenvalue weighted by Crippen LogP contribution is -2.32. The van der Waals surface area contributed by atoms with Crippen LogP contribution in [0.1, 0.15) is 12.8 Å². The van der Waals surface area contributed by atoms with Gasteiger partial charge in [-0.05, 0) is 24.6 Å². The molecule has 0 saturated heterocycles. The van der Waals surface area contributed by atoms with E-state index in [9.17, 15) is 9.59 Å². The summed E-state index contributed by atoms with van der Waals surface area (Å²) >= 11 is 11.6. The van der Waals surface area contributed by atoms with Gasteiger partial charge in [0.2, 0.25) is 5.91 Å². The number of hydrogen-bond acceptors (Lipinski definition) is 4. The fourth-order valence-electron chi connectivity index (χ4n) is 1.34. The fraction of sp³-hybridized carbons (Fsp3) is 0.333. The van der Waals surface area contributed by atoms with Crippen LogP contribution in [0.5, 0.6) is 5.75 Å². The Hall–Kier alpha value is -1.50. The number of amides is 2. The van der Waals surface area contributed by atoms with Crippen LogP contribution in [0.15, 0.2) is 18.2 Å². The third-order valence-electron chi connectivity index (χ3n) is 2.32. The summed E-state index contributed by atoms with van der Waals surface area (Å²) in [5, 5.41) is 3.44. The fourth-order valence-corrected chi connectivity index (χ4v) is 1.80. The quantitative estimate of drug-likeness (QED) is 0.305. The molecule has 1 rings (SSSR count). The Bertz CT molecular complexity index is 483. The van der Waals surface area contributed by atoms with Gasteiger partial charge in [0.05, 0.1) is 5.02 Å². The maximum absolute atomic E-state index is 11.5. The number of carbonyl (C=O) groups excluding carboxylic acids is 2.